The maximum absolute atomic E-state index is 12.8. The maximum Gasteiger partial charge on any atom is 0.417 e. The molecule has 3 aliphatic carbocycles. The number of aromatic nitrogens is 1. The summed E-state index contributed by atoms with van der Waals surface area (Å²) in [4.78, 5) is 30.8. The first kappa shape index (κ1) is 24.3. The zero-order chi connectivity index (χ0) is 25.2. The minimum atomic E-state index is -4.45. The van der Waals surface area contributed by atoms with Crippen molar-refractivity contribution in [2.45, 2.75) is 71.0 Å². The lowest BCUT2D eigenvalue weighted by Gasteiger charge is -2.60. The Morgan fingerprint density at radius 1 is 1.14 bits per heavy atom. The average molecular weight is 490 g/mol. The van der Waals surface area contributed by atoms with E-state index in [2.05, 4.69) is 30.2 Å². The van der Waals surface area contributed by atoms with Crippen LogP contribution in [0.5, 0.6) is 0 Å². The molecule has 35 heavy (non-hydrogen) atoms. The normalized spacial score (nSPS) is 38.5. The van der Waals surface area contributed by atoms with E-state index in [4.69, 9.17) is 0 Å². The summed E-state index contributed by atoms with van der Waals surface area (Å²) >= 11 is 0. The standard InChI is InChI=1S/C27H34F3N3O2/c1-25-12-10-20-18(6-8-21-26(20,2)13-11-24(35)33(21)3)19(25)7-4-16(25)14-23(34)32-22-9-5-17(15-31-22)27(28,29)30/h5,9,11,13,15-16,18-21H,4,6-8,10,12,14H2,1-3H3,(H,31,32,34)/t16-,18?,19?,20?,21?,25-,26-/m1/s1. The average Bonchev–Trinajstić information content (AvgIpc) is 3.12. The summed E-state index contributed by atoms with van der Waals surface area (Å²) < 4.78 is 38.3. The number of rotatable bonds is 3. The molecule has 5 nitrogen and oxygen atoms in total. The molecule has 3 fully saturated rings. The van der Waals surface area contributed by atoms with Gasteiger partial charge in [-0.3, -0.25) is 9.59 Å². The lowest BCUT2D eigenvalue weighted by molar-refractivity contribution is -0.139. The number of likely N-dealkylation sites (N-methyl/N-ethyl adjacent to an activating group) is 1. The van der Waals surface area contributed by atoms with Crippen molar-refractivity contribution in [2.75, 3.05) is 12.4 Å². The third kappa shape index (κ3) is 3.97. The first-order valence-electron chi connectivity index (χ1n) is 12.7. The lowest BCUT2D eigenvalue weighted by Crippen LogP contribution is -2.59. The Labute approximate surface area is 204 Å². The zero-order valence-corrected chi connectivity index (χ0v) is 20.6. The van der Waals surface area contributed by atoms with Crippen molar-refractivity contribution in [3.63, 3.8) is 0 Å². The fourth-order valence-corrected chi connectivity index (χ4v) is 8.24. The van der Waals surface area contributed by atoms with Crippen LogP contribution in [0, 0.1) is 34.5 Å². The smallest absolute Gasteiger partial charge is 0.338 e. The number of hydrogen-bond acceptors (Lipinski definition) is 3. The van der Waals surface area contributed by atoms with Gasteiger partial charge in [0, 0.05) is 31.1 Å². The molecule has 2 heterocycles. The SMILES string of the molecule is CN1C(=O)C=C[C@]2(C)C3CC[C@@]4(C)C(CC[C@@H]4CC(=O)Nc4ccc(C(F)(F)F)cn4)C3CCC12. The van der Waals surface area contributed by atoms with Crippen molar-refractivity contribution >= 4 is 17.6 Å². The second kappa shape index (κ2) is 8.34. The molecule has 190 valence electrons. The third-order valence-electron chi connectivity index (χ3n) is 10.1. The van der Waals surface area contributed by atoms with Crippen LogP contribution >= 0.6 is 0 Å². The van der Waals surface area contributed by atoms with E-state index in [1.54, 1.807) is 6.08 Å². The highest BCUT2D eigenvalue weighted by atomic mass is 19.4. The van der Waals surface area contributed by atoms with Gasteiger partial charge >= 0.3 is 6.18 Å². The largest absolute Gasteiger partial charge is 0.417 e. The molecule has 1 aromatic heterocycles. The molecule has 0 radical (unpaired) electrons. The molecule has 4 aliphatic rings. The Bertz CT molecular complexity index is 1040. The Morgan fingerprint density at radius 3 is 2.60 bits per heavy atom. The van der Waals surface area contributed by atoms with Gasteiger partial charge in [-0.25, -0.2) is 4.98 Å². The zero-order valence-electron chi connectivity index (χ0n) is 20.6. The fraction of sp³-hybridized carbons (Fsp3) is 0.667. The predicted octanol–water partition coefficient (Wildman–Crippen LogP) is 5.68. The Morgan fingerprint density at radius 2 is 1.91 bits per heavy atom. The highest BCUT2D eigenvalue weighted by Crippen LogP contribution is 2.66. The van der Waals surface area contributed by atoms with Crippen LogP contribution in [0.1, 0.15) is 64.4 Å². The molecule has 1 aromatic rings. The van der Waals surface area contributed by atoms with Gasteiger partial charge in [0.25, 0.3) is 0 Å². The molecule has 0 aromatic carbocycles. The number of fused-ring (bicyclic) bond motifs is 5. The lowest BCUT2D eigenvalue weighted by atomic mass is 9.47. The van der Waals surface area contributed by atoms with Gasteiger partial charge in [0.1, 0.15) is 5.82 Å². The van der Waals surface area contributed by atoms with Crippen LogP contribution in [0.25, 0.3) is 0 Å². The highest BCUT2D eigenvalue weighted by Gasteiger charge is 2.60. The van der Waals surface area contributed by atoms with Crippen molar-refractivity contribution < 1.29 is 22.8 Å². The van der Waals surface area contributed by atoms with Gasteiger partial charge in [0.05, 0.1) is 5.56 Å². The van der Waals surface area contributed by atoms with Gasteiger partial charge in [0.2, 0.25) is 11.8 Å². The van der Waals surface area contributed by atoms with Crippen LogP contribution < -0.4 is 5.32 Å². The van der Waals surface area contributed by atoms with Gasteiger partial charge in [-0.2, -0.15) is 13.2 Å². The summed E-state index contributed by atoms with van der Waals surface area (Å²) in [5.74, 6) is 2.00. The van der Waals surface area contributed by atoms with Gasteiger partial charge in [-0.1, -0.05) is 19.9 Å². The van der Waals surface area contributed by atoms with E-state index < -0.39 is 11.7 Å². The molecular formula is C27H34F3N3O2. The number of anilines is 1. The number of halogens is 3. The molecule has 1 N–H and O–H groups in total. The second-order valence-corrected chi connectivity index (χ2v) is 11.6. The maximum atomic E-state index is 12.8. The first-order chi connectivity index (χ1) is 16.4. The molecule has 1 aliphatic heterocycles. The van der Waals surface area contributed by atoms with Crippen molar-refractivity contribution in [2.24, 2.45) is 34.5 Å². The molecule has 4 unspecified atom stereocenters. The van der Waals surface area contributed by atoms with E-state index in [-0.39, 0.29) is 40.4 Å². The molecule has 0 spiro atoms. The number of hydrogen-bond donors (Lipinski definition) is 1. The first-order valence-corrected chi connectivity index (χ1v) is 12.7. The van der Waals surface area contributed by atoms with Crippen LogP contribution in [0.2, 0.25) is 0 Å². The van der Waals surface area contributed by atoms with Crippen molar-refractivity contribution in [1.29, 1.82) is 0 Å². The van der Waals surface area contributed by atoms with Crippen LogP contribution in [0.3, 0.4) is 0 Å². The molecule has 2 amide bonds. The van der Waals surface area contributed by atoms with Gasteiger partial charge in [-0.05, 0) is 85.8 Å². The number of nitrogens with one attached hydrogen (secondary N) is 1. The quantitative estimate of drug-likeness (QED) is 0.594. The molecular weight excluding hydrogens is 455 g/mol. The number of carbonyl (C=O) groups is 2. The number of pyridine rings is 1. The van der Waals surface area contributed by atoms with Crippen LogP contribution in [0.4, 0.5) is 19.0 Å². The minimum Gasteiger partial charge on any atom is -0.338 e. The summed E-state index contributed by atoms with van der Waals surface area (Å²) in [5.41, 5.74) is -0.753. The molecule has 8 heteroatoms. The minimum absolute atomic E-state index is 0.00336. The van der Waals surface area contributed by atoms with Crippen LogP contribution in [-0.2, 0) is 15.8 Å². The predicted molar refractivity (Wildman–Crippen MR) is 126 cm³/mol. The summed E-state index contributed by atoms with van der Waals surface area (Å²) in [6.07, 6.45) is 6.98. The monoisotopic (exact) mass is 489 g/mol. The Balaban J connectivity index is 1.27. The summed E-state index contributed by atoms with van der Waals surface area (Å²) in [6.45, 7) is 4.67. The number of nitrogens with zero attached hydrogens (tertiary/aromatic N) is 2. The molecule has 0 saturated heterocycles. The summed E-state index contributed by atoms with van der Waals surface area (Å²) in [7, 11) is 1.93. The van der Waals surface area contributed by atoms with Gasteiger partial charge < -0.3 is 10.2 Å². The van der Waals surface area contributed by atoms with Crippen LogP contribution in [0.15, 0.2) is 30.5 Å². The number of amides is 2. The van der Waals surface area contributed by atoms with Crippen LogP contribution in [-0.4, -0.2) is 34.8 Å². The van der Waals surface area contributed by atoms with E-state index in [1.165, 1.54) is 6.07 Å². The third-order valence-corrected chi connectivity index (χ3v) is 10.1. The fourth-order valence-electron chi connectivity index (χ4n) is 8.24. The second-order valence-electron chi connectivity index (χ2n) is 11.6. The summed E-state index contributed by atoms with van der Waals surface area (Å²) in [6, 6.07) is 2.41. The number of carbonyl (C=O) groups excluding carboxylic acids is 2. The van der Waals surface area contributed by atoms with Gasteiger partial charge in [0.15, 0.2) is 0 Å². The number of alkyl halides is 3. The van der Waals surface area contributed by atoms with E-state index in [0.29, 0.717) is 24.2 Å². The molecule has 0 bridgehead atoms. The Hall–Kier alpha value is -2.38. The van der Waals surface area contributed by atoms with Gasteiger partial charge in [-0.15, -0.1) is 0 Å². The van der Waals surface area contributed by atoms with Crippen molar-refractivity contribution in [1.82, 2.24) is 9.88 Å². The molecule has 5 rings (SSSR count). The molecule has 3 saturated carbocycles. The Kier molecular flexibility index (Phi) is 5.80. The van der Waals surface area contributed by atoms with E-state index in [9.17, 15) is 22.8 Å². The molecule has 7 atom stereocenters. The van der Waals surface area contributed by atoms with E-state index in [0.717, 1.165) is 50.8 Å². The topological polar surface area (TPSA) is 62.3 Å². The van der Waals surface area contributed by atoms with Crippen molar-refractivity contribution in [3.05, 3.63) is 36.0 Å². The van der Waals surface area contributed by atoms with E-state index in [1.807, 2.05) is 11.9 Å². The van der Waals surface area contributed by atoms with E-state index >= 15 is 0 Å². The van der Waals surface area contributed by atoms with Crippen molar-refractivity contribution in [3.8, 4) is 0 Å². The summed E-state index contributed by atoms with van der Waals surface area (Å²) in [5, 5.41) is 2.70. The highest BCUT2D eigenvalue weighted by molar-refractivity contribution is 5.90.